The molecule has 0 aromatic carbocycles. The number of carboxylic acids is 1. The summed E-state index contributed by atoms with van der Waals surface area (Å²) in [5, 5.41) is 8.98. The Morgan fingerprint density at radius 1 is 1.31 bits per heavy atom. The third-order valence-electron chi connectivity index (χ3n) is 2.69. The summed E-state index contributed by atoms with van der Waals surface area (Å²) in [6.07, 6.45) is 2.61. The molecule has 0 heterocycles. The Hall–Kier alpha value is -0.995. The Labute approximate surface area is 97.4 Å². The molecule has 0 radical (unpaired) electrons. The van der Waals surface area contributed by atoms with Gasteiger partial charge >= 0.3 is 96.7 Å². The molecule has 16 heavy (non-hydrogen) atoms. The molecule has 0 saturated heterocycles. The van der Waals surface area contributed by atoms with Crippen molar-refractivity contribution in [2.45, 2.75) is 40.5 Å². The van der Waals surface area contributed by atoms with Gasteiger partial charge in [0.2, 0.25) is 0 Å². The van der Waals surface area contributed by atoms with E-state index in [1.54, 1.807) is 13.8 Å². The van der Waals surface area contributed by atoms with Crippen LogP contribution in [0.2, 0.25) is 0 Å². The Bertz CT molecular complexity index is 285. The standard InChI is InChI=1S/C11H20BNO3/c1-10(2,7-13-8-12-16)5-6-11(3,4)9(14)15/h8H,5-7H2,1-4H3,(H,14,15). The number of carbonyl (C=O) groups is 1. The van der Waals surface area contributed by atoms with E-state index >= 15 is 0 Å². The van der Waals surface area contributed by atoms with Crippen LogP contribution in [0.4, 0.5) is 0 Å². The summed E-state index contributed by atoms with van der Waals surface area (Å²) >= 11 is 0. The minimum atomic E-state index is -0.778. The molecule has 0 amide bonds. The summed E-state index contributed by atoms with van der Waals surface area (Å²) < 4.78 is 10.1. The first-order chi connectivity index (χ1) is 7.21. The molecule has 0 rings (SSSR count). The third-order valence-corrected chi connectivity index (χ3v) is 2.69. The number of aliphatic carboxylic acids is 1. The molecule has 0 bridgehead atoms. The fraction of sp³-hybridized carbons (Fsp3) is 0.818. The molecule has 4 nitrogen and oxygen atoms in total. The van der Waals surface area contributed by atoms with Crippen LogP contribution in [0.3, 0.4) is 0 Å². The Balaban J connectivity index is 4.22. The Morgan fingerprint density at radius 2 is 1.88 bits per heavy atom. The summed E-state index contributed by atoms with van der Waals surface area (Å²) in [5.41, 5.74) is -0.780. The monoisotopic (exact) mass is 225 g/mol. The first-order valence-electron chi connectivity index (χ1n) is 5.38. The van der Waals surface area contributed by atoms with Gasteiger partial charge in [-0.3, -0.25) is 0 Å². The summed E-state index contributed by atoms with van der Waals surface area (Å²) in [7, 11) is 0.650. The summed E-state index contributed by atoms with van der Waals surface area (Å²) in [6, 6.07) is 0. The van der Waals surface area contributed by atoms with Gasteiger partial charge in [0.15, 0.2) is 0 Å². The molecule has 0 aliphatic rings. The van der Waals surface area contributed by atoms with Crippen molar-refractivity contribution >= 4 is 19.2 Å². The van der Waals surface area contributed by atoms with Crippen LogP contribution in [-0.4, -0.2) is 30.9 Å². The van der Waals surface area contributed by atoms with Crippen molar-refractivity contribution in [1.29, 1.82) is 0 Å². The van der Waals surface area contributed by atoms with Gasteiger partial charge in [-0.05, 0) is 0 Å². The van der Waals surface area contributed by atoms with E-state index in [9.17, 15) is 9.50 Å². The molecule has 0 spiro atoms. The van der Waals surface area contributed by atoms with E-state index < -0.39 is 11.4 Å². The van der Waals surface area contributed by atoms with Crippen molar-refractivity contribution in [2.24, 2.45) is 15.8 Å². The van der Waals surface area contributed by atoms with Crippen LogP contribution < -0.4 is 0 Å². The fourth-order valence-electron chi connectivity index (χ4n) is 1.18. The maximum absolute atomic E-state index is 10.9. The van der Waals surface area contributed by atoms with Crippen LogP contribution in [-0.2, 0) is 9.50 Å². The molecular weight excluding hydrogens is 205 g/mol. The van der Waals surface area contributed by atoms with Gasteiger partial charge in [0, 0.05) is 0 Å². The van der Waals surface area contributed by atoms with E-state index in [0.29, 0.717) is 20.1 Å². The zero-order chi connectivity index (χ0) is 12.8. The topological polar surface area (TPSA) is 66.7 Å². The third kappa shape index (κ3) is 5.78. The van der Waals surface area contributed by atoms with E-state index in [2.05, 4.69) is 4.99 Å². The predicted octanol–water partition coefficient (Wildman–Crippen LogP) is 1.98. The first kappa shape index (κ1) is 15.0. The van der Waals surface area contributed by atoms with E-state index in [0.717, 1.165) is 6.42 Å². The van der Waals surface area contributed by atoms with Gasteiger partial charge in [0.1, 0.15) is 0 Å². The fourth-order valence-corrected chi connectivity index (χ4v) is 1.18. The molecule has 5 heteroatoms. The zero-order valence-corrected chi connectivity index (χ0v) is 10.5. The van der Waals surface area contributed by atoms with E-state index in [1.165, 1.54) is 6.11 Å². The quantitative estimate of drug-likeness (QED) is 0.532. The number of rotatable bonds is 7. The predicted molar refractivity (Wildman–Crippen MR) is 64.2 cm³/mol. The van der Waals surface area contributed by atoms with Crippen molar-refractivity contribution in [2.75, 3.05) is 6.54 Å². The van der Waals surface area contributed by atoms with Gasteiger partial charge in [0.05, 0.1) is 0 Å². The van der Waals surface area contributed by atoms with Crippen LogP contribution >= 0.6 is 0 Å². The summed E-state index contributed by atoms with van der Waals surface area (Å²) in [4.78, 5) is 14.9. The van der Waals surface area contributed by atoms with E-state index in [1.807, 2.05) is 13.8 Å². The van der Waals surface area contributed by atoms with Crippen LogP contribution in [0.5, 0.6) is 0 Å². The van der Waals surface area contributed by atoms with E-state index in [4.69, 9.17) is 5.11 Å². The average molecular weight is 225 g/mol. The minimum absolute atomic E-state index is 0.0772. The number of hydrogen-bond donors (Lipinski definition) is 1. The van der Waals surface area contributed by atoms with Crippen LogP contribution in [0.1, 0.15) is 40.5 Å². The van der Waals surface area contributed by atoms with Crippen molar-refractivity contribution in [1.82, 2.24) is 0 Å². The molecule has 0 atom stereocenters. The number of nitrogens with zero attached hydrogens (tertiary/aromatic N) is 1. The molecule has 0 aromatic heterocycles. The second-order valence-electron chi connectivity index (χ2n) is 5.48. The van der Waals surface area contributed by atoms with Crippen LogP contribution in [0.15, 0.2) is 4.99 Å². The van der Waals surface area contributed by atoms with Gasteiger partial charge in [-0.1, -0.05) is 0 Å². The van der Waals surface area contributed by atoms with Crippen molar-refractivity contribution < 1.29 is 14.6 Å². The SMILES string of the molecule is CC(C)(CCC(C)(C)C(=O)O)CN=CB=O. The molecular formula is C11H20BNO3. The second-order valence-corrected chi connectivity index (χ2v) is 5.48. The number of aliphatic imine (C=N–C) groups is 1. The van der Waals surface area contributed by atoms with Crippen molar-refractivity contribution in [3.05, 3.63) is 0 Å². The maximum atomic E-state index is 10.9. The molecule has 0 aliphatic heterocycles. The summed E-state index contributed by atoms with van der Waals surface area (Å²) in [6.45, 7) is 8.03. The Morgan fingerprint density at radius 3 is 2.31 bits per heavy atom. The van der Waals surface area contributed by atoms with Gasteiger partial charge in [-0.2, -0.15) is 0 Å². The molecule has 0 saturated carbocycles. The van der Waals surface area contributed by atoms with Gasteiger partial charge in [-0.25, -0.2) is 0 Å². The number of hydrogen-bond acceptors (Lipinski definition) is 3. The molecule has 0 aliphatic carbocycles. The zero-order valence-electron chi connectivity index (χ0n) is 10.5. The number of carboxylic acid groups (broad SMARTS) is 1. The summed E-state index contributed by atoms with van der Waals surface area (Å²) in [5.74, 6) is -0.778. The second kappa shape index (κ2) is 5.92. The van der Waals surface area contributed by atoms with Crippen LogP contribution in [0.25, 0.3) is 0 Å². The van der Waals surface area contributed by atoms with E-state index in [-0.39, 0.29) is 5.41 Å². The molecule has 0 unspecified atom stereocenters. The molecule has 0 fully saturated rings. The van der Waals surface area contributed by atoms with Crippen molar-refractivity contribution in [3.8, 4) is 0 Å². The first-order valence-corrected chi connectivity index (χ1v) is 5.38. The van der Waals surface area contributed by atoms with Gasteiger partial charge in [0.25, 0.3) is 0 Å². The van der Waals surface area contributed by atoms with Gasteiger partial charge in [-0.15, -0.1) is 0 Å². The molecule has 90 valence electrons. The van der Waals surface area contributed by atoms with Crippen LogP contribution in [0, 0.1) is 10.8 Å². The molecule has 1 N–H and O–H groups in total. The Kier molecular flexibility index (Phi) is 5.55. The molecule has 0 aromatic rings. The van der Waals surface area contributed by atoms with Gasteiger partial charge < -0.3 is 0 Å². The normalized spacial score (nSPS) is 12.8. The van der Waals surface area contributed by atoms with Crippen molar-refractivity contribution in [3.63, 3.8) is 0 Å². The average Bonchev–Trinajstić information content (AvgIpc) is 2.15.